The summed E-state index contributed by atoms with van der Waals surface area (Å²) >= 11 is 0. The molecule has 4 nitrogen and oxygen atoms in total. The lowest BCUT2D eigenvalue weighted by Crippen LogP contribution is -2.16. The van der Waals surface area contributed by atoms with Crippen LogP contribution in [0.15, 0.2) is 0 Å². The van der Waals surface area contributed by atoms with Crippen LogP contribution in [-0.4, -0.2) is 34.0 Å². The first kappa shape index (κ1) is 11.2. The van der Waals surface area contributed by atoms with Crippen molar-refractivity contribution in [2.75, 3.05) is 19.5 Å². The van der Waals surface area contributed by atoms with E-state index in [1.807, 2.05) is 0 Å². The van der Waals surface area contributed by atoms with Crippen LogP contribution in [0.4, 0.5) is 0 Å². The van der Waals surface area contributed by atoms with E-state index < -0.39 is 10.1 Å². The maximum Gasteiger partial charge on any atom is 0.264 e. The second-order valence-electron chi connectivity index (χ2n) is 2.29. The van der Waals surface area contributed by atoms with Gasteiger partial charge in [-0.1, -0.05) is 0 Å². The van der Waals surface area contributed by atoms with Crippen LogP contribution in [0.3, 0.4) is 0 Å². The zero-order chi connectivity index (χ0) is 7.61. The minimum Gasteiger partial charge on any atom is -0.379 e. The van der Waals surface area contributed by atoms with E-state index in [9.17, 15) is 8.42 Å². The van der Waals surface area contributed by atoms with E-state index in [-0.39, 0.29) is 19.6 Å². The fourth-order valence-corrected chi connectivity index (χ4v) is 1.48. The van der Waals surface area contributed by atoms with Crippen LogP contribution in [0, 0.1) is 0 Å². The van der Waals surface area contributed by atoms with Crippen molar-refractivity contribution in [1.29, 1.82) is 0 Å². The molecule has 6 heteroatoms. The summed E-state index contributed by atoms with van der Waals surface area (Å²) in [7, 11) is -3.29. The molecule has 11 heavy (non-hydrogen) atoms. The topological polar surface area (TPSA) is 52.6 Å². The molecule has 0 aromatic carbocycles. The second-order valence-corrected chi connectivity index (χ2v) is 3.89. The van der Waals surface area contributed by atoms with Crippen molar-refractivity contribution < 1.29 is 17.3 Å². The summed E-state index contributed by atoms with van der Waals surface area (Å²) < 4.78 is 30.6. The first-order chi connectivity index (χ1) is 4.58. The zero-order valence-corrected chi connectivity index (χ0v) is 8.06. The van der Waals surface area contributed by atoms with E-state index in [1.54, 1.807) is 0 Å². The van der Waals surface area contributed by atoms with Crippen molar-refractivity contribution >= 4 is 23.6 Å². The van der Waals surface area contributed by atoms with Gasteiger partial charge in [-0.2, -0.15) is 21.9 Å². The molecule has 0 aromatic heterocycles. The molecule has 0 N–H and O–H groups in total. The van der Waals surface area contributed by atoms with E-state index in [0.29, 0.717) is 19.6 Å². The predicted octanol–water partition coefficient (Wildman–Crippen LogP) is -0.136. The highest BCUT2D eigenvalue weighted by Gasteiger charge is 2.20. The fourth-order valence-electron chi connectivity index (χ4n) is 0.836. The van der Waals surface area contributed by atoms with Crippen LogP contribution in [-0.2, 0) is 19.0 Å². The van der Waals surface area contributed by atoms with Crippen LogP contribution < -0.4 is 0 Å². The van der Waals surface area contributed by atoms with Crippen LogP contribution in [0.1, 0.15) is 6.42 Å². The summed E-state index contributed by atoms with van der Waals surface area (Å²) in [5.74, 6) is 0. The van der Waals surface area contributed by atoms with Gasteiger partial charge in [-0.25, -0.2) is 0 Å². The van der Waals surface area contributed by atoms with Gasteiger partial charge >= 0.3 is 0 Å². The van der Waals surface area contributed by atoms with Gasteiger partial charge in [0.2, 0.25) is 0 Å². The number of rotatable bonds is 2. The molecule has 0 bridgehead atoms. The van der Waals surface area contributed by atoms with E-state index in [4.69, 9.17) is 4.74 Å². The SMILES string of the molecule is CS(=O)(=O)O[C@H]1CCOC1.S. The Balaban J connectivity index is 0.000001000. The second kappa shape index (κ2) is 4.30. The van der Waals surface area contributed by atoms with Crippen molar-refractivity contribution in [3.63, 3.8) is 0 Å². The molecule has 1 aliphatic rings. The molecule has 1 rings (SSSR count). The first-order valence-electron chi connectivity index (χ1n) is 3.04. The molecule has 0 aliphatic carbocycles. The van der Waals surface area contributed by atoms with Crippen molar-refractivity contribution in [3.8, 4) is 0 Å². The largest absolute Gasteiger partial charge is 0.379 e. The molecule has 1 saturated heterocycles. The third-order valence-corrected chi connectivity index (χ3v) is 1.82. The molecule has 0 aromatic rings. The monoisotopic (exact) mass is 200 g/mol. The van der Waals surface area contributed by atoms with Gasteiger partial charge in [-0.15, -0.1) is 0 Å². The van der Waals surface area contributed by atoms with Gasteiger partial charge in [0.15, 0.2) is 0 Å². The van der Waals surface area contributed by atoms with E-state index in [1.165, 1.54) is 0 Å². The summed E-state index contributed by atoms with van der Waals surface area (Å²) in [6, 6.07) is 0. The summed E-state index contributed by atoms with van der Waals surface area (Å²) in [6.07, 6.45) is 1.47. The summed E-state index contributed by atoms with van der Waals surface area (Å²) in [5, 5.41) is 0. The standard InChI is InChI=1S/C5H10O4S.H2S/c1-10(6,7)9-5-2-3-8-4-5;/h5H,2-4H2,1H3;1H2/t5-;/m0./s1. The zero-order valence-electron chi connectivity index (χ0n) is 6.24. The Kier molecular flexibility index (Phi) is 4.38. The molecule has 0 amide bonds. The van der Waals surface area contributed by atoms with Crippen LogP contribution >= 0.6 is 13.5 Å². The lowest BCUT2D eigenvalue weighted by Gasteiger charge is -2.04. The van der Waals surface area contributed by atoms with Crippen LogP contribution in [0.5, 0.6) is 0 Å². The average Bonchev–Trinajstić information content (AvgIpc) is 2.12. The Morgan fingerprint density at radius 1 is 1.55 bits per heavy atom. The molecule has 1 fully saturated rings. The third-order valence-electron chi connectivity index (χ3n) is 1.20. The smallest absolute Gasteiger partial charge is 0.264 e. The normalized spacial score (nSPS) is 24.6. The van der Waals surface area contributed by atoms with Gasteiger partial charge in [0.1, 0.15) is 6.10 Å². The highest BCUT2D eigenvalue weighted by atomic mass is 32.2. The van der Waals surface area contributed by atoms with Crippen LogP contribution in [0.2, 0.25) is 0 Å². The van der Waals surface area contributed by atoms with Gasteiger partial charge in [0.05, 0.1) is 12.9 Å². The third kappa shape index (κ3) is 4.62. The summed E-state index contributed by atoms with van der Waals surface area (Å²) in [6.45, 7) is 0.993. The van der Waals surface area contributed by atoms with Crippen molar-refractivity contribution in [2.24, 2.45) is 0 Å². The first-order valence-corrected chi connectivity index (χ1v) is 4.85. The van der Waals surface area contributed by atoms with Gasteiger partial charge in [0.25, 0.3) is 10.1 Å². The molecule has 1 atom stereocenters. The quantitative estimate of drug-likeness (QED) is 0.582. The molecular formula is C5H12O4S2. The minimum atomic E-state index is -3.29. The van der Waals surface area contributed by atoms with E-state index in [0.717, 1.165) is 6.26 Å². The molecular weight excluding hydrogens is 188 g/mol. The number of hydrogen-bond acceptors (Lipinski definition) is 4. The lowest BCUT2D eigenvalue weighted by atomic mass is 10.3. The van der Waals surface area contributed by atoms with E-state index in [2.05, 4.69) is 4.18 Å². The number of ether oxygens (including phenoxy) is 1. The minimum absolute atomic E-state index is 0. The van der Waals surface area contributed by atoms with Crippen molar-refractivity contribution in [2.45, 2.75) is 12.5 Å². The van der Waals surface area contributed by atoms with Crippen molar-refractivity contribution in [3.05, 3.63) is 0 Å². The van der Waals surface area contributed by atoms with Gasteiger partial charge in [-0.3, -0.25) is 4.18 Å². The van der Waals surface area contributed by atoms with Crippen molar-refractivity contribution in [1.82, 2.24) is 0 Å². The Labute approximate surface area is 73.4 Å². The highest BCUT2D eigenvalue weighted by Crippen LogP contribution is 2.09. The van der Waals surface area contributed by atoms with Gasteiger partial charge in [0, 0.05) is 13.0 Å². The maximum atomic E-state index is 10.5. The highest BCUT2D eigenvalue weighted by molar-refractivity contribution is 7.86. The predicted molar refractivity (Wildman–Crippen MR) is 45.5 cm³/mol. The molecule has 0 spiro atoms. The molecule has 0 radical (unpaired) electrons. The fraction of sp³-hybridized carbons (Fsp3) is 1.00. The lowest BCUT2D eigenvalue weighted by molar-refractivity contribution is 0.146. The Bertz CT molecular complexity index is 193. The summed E-state index contributed by atoms with van der Waals surface area (Å²) in [4.78, 5) is 0. The molecule has 1 heterocycles. The number of hydrogen-bond donors (Lipinski definition) is 0. The van der Waals surface area contributed by atoms with Gasteiger partial charge in [-0.05, 0) is 0 Å². The summed E-state index contributed by atoms with van der Waals surface area (Å²) in [5.41, 5.74) is 0. The van der Waals surface area contributed by atoms with Crippen LogP contribution in [0.25, 0.3) is 0 Å². The van der Waals surface area contributed by atoms with E-state index >= 15 is 0 Å². The maximum absolute atomic E-state index is 10.5. The van der Waals surface area contributed by atoms with Gasteiger partial charge < -0.3 is 4.74 Å². The Morgan fingerprint density at radius 2 is 2.18 bits per heavy atom. The Hall–Kier alpha value is 0.220. The molecule has 0 unspecified atom stereocenters. The average molecular weight is 200 g/mol. The molecule has 1 aliphatic heterocycles. The molecule has 0 saturated carbocycles. The Morgan fingerprint density at radius 3 is 2.55 bits per heavy atom. The molecule has 68 valence electrons.